The van der Waals surface area contributed by atoms with E-state index in [0.29, 0.717) is 5.82 Å². The summed E-state index contributed by atoms with van der Waals surface area (Å²) in [6.45, 7) is 0.816. The van der Waals surface area contributed by atoms with Crippen molar-refractivity contribution >= 4 is 45.4 Å². The number of anilines is 1. The Labute approximate surface area is 155 Å². The Kier molecular flexibility index (Phi) is 4.32. The van der Waals surface area contributed by atoms with Gasteiger partial charge in [-0.25, -0.2) is 9.97 Å². The standard InChI is InChI=1S/C19H21N5OS/c20-17-15-16(13-6-1-2-7-14(13)23-17)24(12-22-15)10-4-3-8-19(18(21)25)9-5-11-26-19/h1-2,5-7,11-12H,3-4,8-10H2,(H2,20,23)(H2,21,25). The van der Waals surface area contributed by atoms with Gasteiger partial charge in [0.15, 0.2) is 5.82 Å². The largest absolute Gasteiger partial charge is 0.382 e. The van der Waals surface area contributed by atoms with Gasteiger partial charge in [-0.2, -0.15) is 0 Å². The number of aromatic nitrogens is 3. The van der Waals surface area contributed by atoms with E-state index in [9.17, 15) is 4.79 Å². The van der Waals surface area contributed by atoms with E-state index in [1.165, 1.54) is 0 Å². The molecule has 0 saturated carbocycles. The first-order valence-electron chi connectivity index (χ1n) is 8.72. The number of allylic oxidation sites excluding steroid dienone is 1. The summed E-state index contributed by atoms with van der Waals surface area (Å²) in [5.74, 6) is 0.240. The molecule has 1 unspecified atom stereocenters. The fraction of sp³-hybridized carbons (Fsp3) is 0.316. The van der Waals surface area contributed by atoms with Crippen LogP contribution in [0, 0.1) is 0 Å². The van der Waals surface area contributed by atoms with Crippen molar-refractivity contribution in [3.63, 3.8) is 0 Å². The van der Waals surface area contributed by atoms with E-state index in [1.807, 2.05) is 42.1 Å². The molecule has 0 bridgehead atoms. The number of carbonyl (C=O) groups is 1. The number of fused-ring (bicyclic) bond motifs is 3. The van der Waals surface area contributed by atoms with E-state index in [1.54, 1.807) is 11.8 Å². The molecular formula is C19H21N5OS. The number of para-hydroxylation sites is 1. The Bertz CT molecular complexity index is 1000. The minimum atomic E-state index is -0.460. The van der Waals surface area contributed by atoms with E-state index < -0.39 is 4.75 Å². The molecule has 1 aliphatic heterocycles. The monoisotopic (exact) mass is 367 g/mol. The smallest absolute Gasteiger partial charge is 0.234 e. The van der Waals surface area contributed by atoms with Gasteiger partial charge in [-0.3, -0.25) is 4.79 Å². The van der Waals surface area contributed by atoms with Crippen molar-refractivity contribution in [1.82, 2.24) is 14.5 Å². The second-order valence-electron chi connectivity index (χ2n) is 6.66. The van der Waals surface area contributed by atoms with Crippen molar-refractivity contribution in [3.05, 3.63) is 42.1 Å². The number of nitrogens with zero attached hydrogens (tertiary/aromatic N) is 3. The van der Waals surface area contributed by atoms with E-state index in [0.717, 1.165) is 54.2 Å². The number of unbranched alkanes of at least 4 members (excludes halogenated alkanes) is 1. The third-order valence-corrected chi connectivity index (χ3v) is 6.35. The Morgan fingerprint density at radius 3 is 2.92 bits per heavy atom. The lowest BCUT2D eigenvalue weighted by atomic mass is 9.96. The van der Waals surface area contributed by atoms with Gasteiger partial charge in [0.25, 0.3) is 0 Å². The zero-order chi connectivity index (χ0) is 18.1. The van der Waals surface area contributed by atoms with E-state index in [-0.39, 0.29) is 5.91 Å². The summed E-state index contributed by atoms with van der Waals surface area (Å²) < 4.78 is 1.67. The number of nitrogens with two attached hydrogens (primary N) is 2. The molecule has 0 spiro atoms. The van der Waals surface area contributed by atoms with Crippen molar-refractivity contribution in [2.45, 2.75) is 37.0 Å². The number of amides is 1. The molecule has 4 N–H and O–H groups in total. The van der Waals surface area contributed by atoms with Crippen LogP contribution in [0.1, 0.15) is 25.7 Å². The molecule has 4 rings (SSSR count). The zero-order valence-electron chi connectivity index (χ0n) is 14.4. The maximum Gasteiger partial charge on any atom is 0.234 e. The Morgan fingerprint density at radius 2 is 2.15 bits per heavy atom. The zero-order valence-corrected chi connectivity index (χ0v) is 15.2. The normalized spacial score (nSPS) is 19.5. The number of imidazole rings is 1. The topological polar surface area (TPSA) is 99.8 Å². The lowest BCUT2D eigenvalue weighted by Gasteiger charge is -2.23. The molecule has 1 aromatic carbocycles. The molecule has 3 heterocycles. The summed E-state index contributed by atoms with van der Waals surface area (Å²) in [6.07, 6.45) is 7.24. The van der Waals surface area contributed by atoms with Crippen LogP contribution < -0.4 is 11.5 Å². The first-order chi connectivity index (χ1) is 12.6. The van der Waals surface area contributed by atoms with Gasteiger partial charge in [0.2, 0.25) is 5.91 Å². The van der Waals surface area contributed by atoms with Crippen LogP contribution in [0.15, 0.2) is 42.1 Å². The van der Waals surface area contributed by atoms with Gasteiger partial charge in [-0.05, 0) is 37.2 Å². The summed E-state index contributed by atoms with van der Waals surface area (Å²) in [7, 11) is 0. The molecule has 0 saturated heterocycles. The first-order valence-corrected chi connectivity index (χ1v) is 9.60. The predicted molar refractivity (Wildman–Crippen MR) is 107 cm³/mol. The highest BCUT2D eigenvalue weighted by molar-refractivity contribution is 8.04. The molecule has 6 nitrogen and oxygen atoms in total. The van der Waals surface area contributed by atoms with Crippen LogP contribution >= 0.6 is 11.8 Å². The van der Waals surface area contributed by atoms with Crippen molar-refractivity contribution in [2.75, 3.05) is 5.73 Å². The van der Waals surface area contributed by atoms with Gasteiger partial charge in [-0.15, -0.1) is 11.8 Å². The van der Waals surface area contributed by atoms with Gasteiger partial charge in [0, 0.05) is 11.9 Å². The van der Waals surface area contributed by atoms with Crippen molar-refractivity contribution < 1.29 is 4.79 Å². The van der Waals surface area contributed by atoms with Crippen molar-refractivity contribution in [2.24, 2.45) is 5.73 Å². The number of benzene rings is 1. The number of carbonyl (C=O) groups excluding carboxylic acids is 1. The van der Waals surface area contributed by atoms with Gasteiger partial charge < -0.3 is 16.0 Å². The Hall–Kier alpha value is -2.54. The number of rotatable bonds is 6. The summed E-state index contributed by atoms with van der Waals surface area (Å²) in [6, 6.07) is 7.96. The summed E-state index contributed by atoms with van der Waals surface area (Å²) in [5.41, 5.74) is 14.3. The second-order valence-corrected chi connectivity index (χ2v) is 7.95. The molecule has 0 radical (unpaired) electrons. The van der Waals surface area contributed by atoms with E-state index in [2.05, 4.69) is 14.5 Å². The van der Waals surface area contributed by atoms with Gasteiger partial charge in [0.05, 0.1) is 17.4 Å². The van der Waals surface area contributed by atoms with Crippen LogP contribution in [0.25, 0.3) is 21.9 Å². The highest BCUT2D eigenvalue weighted by atomic mass is 32.2. The molecule has 2 aromatic heterocycles. The van der Waals surface area contributed by atoms with Gasteiger partial charge in [-0.1, -0.05) is 24.3 Å². The third-order valence-electron chi connectivity index (χ3n) is 5.00. The summed E-state index contributed by atoms with van der Waals surface area (Å²) in [5, 5.41) is 3.04. The van der Waals surface area contributed by atoms with Crippen LogP contribution in [-0.2, 0) is 11.3 Å². The SMILES string of the molecule is NC(=O)C1(CCCCn2cnc3c(N)nc4ccccc4c32)CC=CS1. The highest BCUT2D eigenvalue weighted by Crippen LogP contribution is 2.40. The molecule has 3 aromatic rings. The number of thioether (sulfide) groups is 1. The van der Waals surface area contributed by atoms with Crippen molar-refractivity contribution in [1.29, 1.82) is 0 Å². The van der Waals surface area contributed by atoms with Crippen LogP contribution in [0.4, 0.5) is 5.82 Å². The molecule has 26 heavy (non-hydrogen) atoms. The Balaban J connectivity index is 1.52. The van der Waals surface area contributed by atoms with Crippen LogP contribution in [0.5, 0.6) is 0 Å². The molecule has 7 heteroatoms. The van der Waals surface area contributed by atoms with Crippen LogP contribution in [0.2, 0.25) is 0 Å². The number of pyridine rings is 1. The van der Waals surface area contributed by atoms with Crippen LogP contribution in [0.3, 0.4) is 0 Å². The number of primary amides is 1. The number of hydrogen-bond donors (Lipinski definition) is 2. The fourth-order valence-corrected chi connectivity index (χ4v) is 4.60. The Morgan fingerprint density at radius 1 is 1.31 bits per heavy atom. The number of aryl methyl sites for hydroxylation is 1. The van der Waals surface area contributed by atoms with Crippen molar-refractivity contribution in [3.8, 4) is 0 Å². The average Bonchev–Trinajstić information content (AvgIpc) is 3.27. The molecule has 1 aliphatic rings. The number of nitrogen functional groups attached to an aromatic ring is 1. The molecule has 1 amide bonds. The lowest BCUT2D eigenvalue weighted by molar-refractivity contribution is -0.120. The quantitative estimate of drug-likeness (QED) is 0.652. The predicted octanol–water partition coefficient (Wildman–Crippen LogP) is 3.21. The van der Waals surface area contributed by atoms with E-state index >= 15 is 0 Å². The molecule has 0 aliphatic carbocycles. The maximum absolute atomic E-state index is 11.8. The summed E-state index contributed by atoms with van der Waals surface area (Å²) in [4.78, 5) is 20.7. The lowest BCUT2D eigenvalue weighted by Crippen LogP contribution is -2.38. The van der Waals surface area contributed by atoms with Crippen LogP contribution in [-0.4, -0.2) is 25.2 Å². The number of hydrogen-bond acceptors (Lipinski definition) is 5. The van der Waals surface area contributed by atoms with Gasteiger partial charge >= 0.3 is 0 Å². The first kappa shape index (κ1) is 16.9. The fourth-order valence-electron chi connectivity index (χ4n) is 3.58. The maximum atomic E-state index is 11.8. The minimum Gasteiger partial charge on any atom is -0.382 e. The third kappa shape index (κ3) is 2.82. The average molecular weight is 367 g/mol. The second kappa shape index (κ2) is 6.64. The van der Waals surface area contributed by atoms with E-state index in [4.69, 9.17) is 11.5 Å². The molecule has 134 valence electrons. The minimum absolute atomic E-state index is 0.217. The van der Waals surface area contributed by atoms with Gasteiger partial charge in [0.1, 0.15) is 10.3 Å². The molecule has 1 atom stereocenters. The highest BCUT2D eigenvalue weighted by Gasteiger charge is 2.37. The molecule has 0 fully saturated rings. The molecular weight excluding hydrogens is 346 g/mol. The summed E-state index contributed by atoms with van der Waals surface area (Å²) >= 11 is 1.55.